The van der Waals surface area contributed by atoms with Gasteiger partial charge in [-0.2, -0.15) is 0 Å². The molecule has 170 valence electrons. The Hall–Kier alpha value is -2.96. The van der Waals surface area contributed by atoms with Crippen LogP contribution in [0.5, 0.6) is 0 Å². The van der Waals surface area contributed by atoms with Gasteiger partial charge in [0.05, 0.1) is 12.7 Å². The lowest BCUT2D eigenvalue weighted by Crippen LogP contribution is -2.43. The van der Waals surface area contributed by atoms with Crippen molar-refractivity contribution in [2.45, 2.75) is 58.0 Å². The Labute approximate surface area is 186 Å². The first-order valence-corrected chi connectivity index (χ1v) is 11.1. The maximum absolute atomic E-state index is 13.7. The van der Waals surface area contributed by atoms with Gasteiger partial charge in [0.15, 0.2) is 5.78 Å². The second-order valence-corrected chi connectivity index (χ2v) is 8.90. The highest BCUT2D eigenvalue weighted by Crippen LogP contribution is 2.45. The number of ketones is 1. The van der Waals surface area contributed by atoms with Crippen LogP contribution in [0.15, 0.2) is 46.8 Å². The summed E-state index contributed by atoms with van der Waals surface area (Å²) in [6, 6.07) is 5.76. The zero-order valence-corrected chi connectivity index (χ0v) is 18.6. The maximum atomic E-state index is 13.7. The van der Waals surface area contributed by atoms with Crippen LogP contribution in [0.4, 0.5) is 4.39 Å². The van der Waals surface area contributed by atoms with Gasteiger partial charge in [-0.3, -0.25) is 9.59 Å². The van der Waals surface area contributed by atoms with E-state index in [9.17, 15) is 18.8 Å². The highest BCUT2D eigenvalue weighted by molar-refractivity contribution is 6.12. The van der Waals surface area contributed by atoms with Gasteiger partial charge in [-0.1, -0.05) is 19.1 Å². The zero-order valence-electron chi connectivity index (χ0n) is 18.6. The lowest BCUT2D eigenvalue weighted by Gasteiger charge is -2.38. The molecule has 1 fully saturated rings. The Bertz CT molecular complexity index is 1000. The average Bonchev–Trinajstić information content (AvgIpc) is 3.26. The normalized spacial score (nSPS) is 26.0. The smallest absolute Gasteiger partial charge is 0.337 e. The van der Waals surface area contributed by atoms with Crippen molar-refractivity contribution in [2.24, 2.45) is 11.8 Å². The number of hydrogen-bond acceptors (Lipinski definition) is 6. The van der Waals surface area contributed by atoms with Crippen molar-refractivity contribution in [1.29, 1.82) is 0 Å². The lowest BCUT2D eigenvalue weighted by atomic mass is 9.69. The van der Waals surface area contributed by atoms with Crippen LogP contribution >= 0.6 is 0 Å². The van der Waals surface area contributed by atoms with Crippen molar-refractivity contribution in [3.05, 3.63) is 58.2 Å². The Kier molecular flexibility index (Phi) is 6.17. The van der Waals surface area contributed by atoms with E-state index in [1.165, 1.54) is 19.2 Å². The van der Waals surface area contributed by atoms with E-state index in [1.54, 1.807) is 19.1 Å². The molecule has 1 N–H and O–H groups in total. The number of ether oxygens (including phenoxy) is 2. The van der Waals surface area contributed by atoms with Gasteiger partial charge in [-0.15, -0.1) is 0 Å². The summed E-state index contributed by atoms with van der Waals surface area (Å²) in [6.45, 7) is 3.62. The van der Waals surface area contributed by atoms with E-state index >= 15 is 0 Å². The van der Waals surface area contributed by atoms with Crippen molar-refractivity contribution in [1.82, 2.24) is 5.32 Å². The molecule has 0 unspecified atom stereocenters. The fraction of sp³-hybridized carbons (Fsp3) is 0.480. The molecule has 6 nitrogen and oxygen atoms in total. The third-order valence-electron chi connectivity index (χ3n) is 6.74. The lowest BCUT2D eigenvalue weighted by molar-refractivity contribution is -0.151. The standard InChI is InChI=1S/C25H28FNO5/c1-13-12-18-22(23(28)19(13)24(29)31-3)21(15-8-10-16(26)11-9-15)20(14(2)27-18)25(30)32-17-6-4-5-7-17/h8-11,13,17,19,21,27H,4-7,12H2,1-3H3/t13-,19-,21+/m0/s1. The van der Waals surface area contributed by atoms with E-state index in [-0.39, 0.29) is 17.8 Å². The van der Waals surface area contributed by atoms with Gasteiger partial charge in [0.25, 0.3) is 0 Å². The Morgan fingerprint density at radius 2 is 1.78 bits per heavy atom. The minimum absolute atomic E-state index is 0.142. The molecule has 0 amide bonds. The number of allylic oxidation sites excluding steroid dienone is 3. The number of Topliss-reactive ketones (excluding diaryl/α,β-unsaturated/α-hetero) is 1. The highest BCUT2D eigenvalue weighted by atomic mass is 19.1. The first-order chi connectivity index (χ1) is 15.3. The van der Waals surface area contributed by atoms with E-state index in [1.807, 2.05) is 6.92 Å². The highest BCUT2D eigenvalue weighted by Gasteiger charge is 2.47. The Morgan fingerprint density at radius 1 is 1.12 bits per heavy atom. The number of carbonyl (C=O) groups is 3. The molecule has 0 aromatic heterocycles. The molecule has 1 aliphatic heterocycles. The van der Waals surface area contributed by atoms with Crippen LogP contribution in [0.3, 0.4) is 0 Å². The molecular weight excluding hydrogens is 413 g/mol. The molecule has 2 aliphatic carbocycles. The number of halogens is 1. The van der Waals surface area contributed by atoms with Crippen molar-refractivity contribution in [2.75, 3.05) is 7.11 Å². The molecule has 1 aromatic carbocycles. The van der Waals surface area contributed by atoms with Gasteiger partial charge in [0, 0.05) is 22.9 Å². The van der Waals surface area contributed by atoms with Gasteiger partial charge in [0.1, 0.15) is 17.8 Å². The van der Waals surface area contributed by atoms with Crippen LogP contribution in [0.2, 0.25) is 0 Å². The number of benzene rings is 1. The molecule has 0 bridgehead atoms. The average molecular weight is 441 g/mol. The van der Waals surface area contributed by atoms with Crippen molar-refractivity contribution in [3.8, 4) is 0 Å². The van der Waals surface area contributed by atoms with Crippen LogP contribution in [0, 0.1) is 17.7 Å². The van der Waals surface area contributed by atoms with Crippen LogP contribution in [-0.4, -0.2) is 30.9 Å². The van der Waals surface area contributed by atoms with E-state index in [2.05, 4.69) is 5.32 Å². The largest absolute Gasteiger partial charge is 0.468 e. The third-order valence-corrected chi connectivity index (χ3v) is 6.74. The Balaban J connectivity index is 1.79. The van der Waals surface area contributed by atoms with E-state index < -0.39 is 29.6 Å². The van der Waals surface area contributed by atoms with Gasteiger partial charge in [-0.25, -0.2) is 9.18 Å². The molecule has 32 heavy (non-hydrogen) atoms. The first-order valence-electron chi connectivity index (χ1n) is 11.1. The summed E-state index contributed by atoms with van der Waals surface area (Å²) >= 11 is 0. The summed E-state index contributed by atoms with van der Waals surface area (Å²) in [7, 11) is 1.26. The monoisotopic (exact) mass is 441 g/mol. The molecule has 0 spiro atoms. The SMILES string of the molecule is COC(=O)[C@@H]1C(=O)C2=C(C[C@@H]1C)NC(C)=C(C(=O)OC1CCCC1)[C@H]2c1ccc(F)cc1. The minimum Gasteiger partial charge on any atom is -0.468 e. The summed E-state index contributed by atoms with van der Waals surface area (Å²) in [5, 5.41) is 3.24. The third kappa shape index (κ3) is 3.96. The van der Waals surface area contributed by atoms with E-state index in [4.69, 9.17) is 9.47 Å². The van der Waals surface area contributed by atoms with Gasteiger partial charge < -0.3 is 14.8 Å². The number of dihydropyridines is 1. The maximum Gasteiger partial charge on any atom is 0.337 e. The fourth-order valence-corrected chi connectivity index (χ4v) is 5.16. The molecule has 7 heteroatoms. The quantitative estimate of drug-likeness (QED) is 0.563. The predicted octanol–water partition coefficient (Wildman–Crippen LogP) is 3.92. The summed E-state index contributed by atoms with van der Waals surface area (Å²) in [5.41, 5.74) is 2.58. The first kappa shape index (κ1) is 22.2. The van der Waals surface area contributed by atoms with Crippen LogP contribution in [-0.2, 0) is 23.9 Å². The van der Waals surface area contributed by atoms with Gasteiger partial charge >= 0.3 is 11.9 Å². The van der Waals surface area contributed by atoms with Crippen LogP contribution in [0.1, 0.15) is 57.4 Å². The van der Waals surface area contributed by atoms with Gasteiger partial charge in [0.2, 0.25) is 0 Å². The number of esters is 2. The predicted molar refractivity (Wildman–Crippen MR) is 115 cm³/mol. The second kappa shape index (κ2) is 8.88. The number of rotatable bonds is 4. The topological polar surface area (TPSA) is 81.7 Å². The molecule has 4 rings (SSSR count). The summed E-state index contributed by atoms with van der Waals surface area (Å²) in [4.78, 5) is 39.3. The van der Waals surface area contributed by atoms with Crippen molar-refractivity contribution >= 4 is 17.7 Å². The van der Waals surface area contributed by atoms with Crippen LogP contribution in [0.25, 0.3) is 0 Å². The molecule has 1 heterocycles. The molecule has 1 aromatic rings. The number of hydrogen-bond donors (Lipinski definition) is 1. The number of carbonyl (C=O) groups excluding carboxylic acids is 3. The Morgan fingerprint density at radius 3 is 2.41 bits per heavy atom. The molecule has 3 aliphatic rings. The summed E-state index contributed by atoms with van der Waals surface area (Å²) < 4.78 is 24.4. The van der Waals surface area contributed by atoms with Crippen LogP contribution < -0.4 is 5.32 Å². The molecular formula is C25H28FNO5. The van der Waals surface area contributed by atoms with E-state index in [0.29, 0.717) is 34.5 Å². The second-order valence-electron chi connectivity index (χ2n) is 8.90. The molecule has 1 saturated carbocycles. The van der Waals surface area contributed by atoms with E-state index in [0.717, 1.165) is 25.7 Å². The summed E-state index contributed by atoms with van der Waals surface area (Å²) in [5.74, 6) is -3.80. The number of methoxy groups -OCH3 is 1. The fourth-order valence-electron chi connectivity index (χ4n) is 5.16. The summed E-state index contributed by atoms with van der Waals surface area (Å²) in [6.07, 6.45) is 3.99. The molecule has 0 radical (unpaired) electrons. The molecule has 3 atom stereocenters. The van der Waals surface area contributed by atoms with Crippen molar-refractivity contribution in [3.63, 3.8) is 0 Å². The minimum atomic E-state index is -0.950. The number of nitrogens with one attached hydrogen (secondary N) is 1. The van der Waals surface area contributed by atoms with Crippen molar-refractivity contribution < 1.29 is 28.2 Å². The zero-order chi connectivity index (χ0) is 23.0. The van der Waals surface area contributed by atoms with Gasteiger partial charge in [-0.05, 0) is 62.6 Å². The molecule has 0 saturated heterocycles.